The van der Waals surface area contributed by atoms with Gasteiger partial charge in [-0.2, -0.15) is 0 Å². The van der Waals surface area contributed by atoms with Gasteiger partial charge in [0.05, 0.1) is 0 Å². The second-order valence-electron chi connectivity index (χ2n) is 3.80. The number of hydrogen-bond donors (Lipinski definition) is 3. The molecule has 0 aromatic heterocycles. The molecule has 0 aliphatic carbocycles. The van der Waals surface area contributed by atoms with Crippen molar-refractivity contribution in [1.29, 1.82) is 0 Å². The molecule has 84 valence electrons. The molecule has 0 unspecified atom stereocenters. The van der Waals surface area contributed by atoms with E-state index < -0.39 is 0 Å². The summed E-state index contributed by atoms with van der Waals surface area (Å²) in [6.07, 6.45) is 1.20. The number of phenols is 2. The van der Waals surface area contributed by atoms with Crippen molar-refractivity contribution in [3.05, 3.63) is 35.9 Å². The third kappa shape index (κ3) is 1.95. The summed E-state index contributed by atoms with van der Waals surface area (Å²) < 4.78 is 0. The molecule has 2 rings (SSSR count). The first-order valence-electron chi connectivity index (χ1n) is 5.27. The molecule has 0 spiro atoms. The number of fused-ring (bicyclic) bond motifs is 1. The van der Waals surface area contributed by atoms with Crippen LogP contribution < -0.4 is 0 Å². The van der Waals surface area contributed by atoms with Crippen molar-refractivity contribution in [3.8, 4) is 11.5 Å². The molecule has 0 radical (unpaired) electrons. The molecular weight excluding hydrogens is 204 g/mol. The largest absolute Gasteiger partial charge is 0.508 e. The molecule has 0 heterocycles. The summed E-state index contributed by atoms with van der Waals surface area (Å²) in [5.74, 6) is 0.398. The topological polar surface area (TPSA) is 60.7 Å². The van der Waals surface area contributed by atoms with Crippen molar-refractivity contribution in [1.82, 2.24) is 0 Å². The van der Waals surface area contributed by atoms with Gasteiger partial charge in [0, 0.05) is 12.2 Å². The molecule has 16 heavy (non-hydrogen) atoms. The molecule has 0 aliphatic rings. The second-order valence-corrected chi connectivity index (χ2v) is 3.80. The molecule has 0 bridgehead atoms. The van der Waals surface area contributed by atoms with E-state index in [4.69, 9.17) is 5.11 Å². The van der Waals surface area contributed by atoms with Crippen LogP contribution in [0, 0.1) is 0 Å². The van der Waals surface area contributed by atoms with Crippen molar-refractivity contribution >= 4 is 10.8 Å². The Labute approximate surface area is 93.6 Å². The third-order valence-electron chi connectivity index (χ3n) is 2.68. The number of benzene rings is 2. The average Bonchev–Trinajstić information content (AvgIpc) is 2.28. The van der Waals surface area contributed by atoms with Crippen LogP contribution in [0.5, 0.6) is 11.5 Å². The molecule has 2 aromatic carbocycles. The predicted molar refractivity (Wildman–Crippen MR) is 62.7 cm³/mol. The molecule has 0 atom stereocenters. The summed E-state index contributed by atoms with van der Waals surface area (Å²) in [5, 5.41) is 29.8. The molecule has 3 nitrogen and oxygen atoms in total. The van der Waals surface area contributed by atoms with Gasteiger partial charge in [-0.05, 0) is 41.8 Å². The minimum atomic E-state index is 0.0919. The van der Waals surface area contributed by atoms with Gasteiger partial charge in [-0.1, -0.05) is 12.1 Å². The molecule has 0 aliphatic heterocycles. The monoisotopic (exact) mass is 218 g/mol. The van der Waals surface area contributed by atoms with Crippen LogP contribution in [0.2, 0.25) is 0 Å². The highest BCUT2D eigenvalue weighted by atomic mass is 16.3. The van der Waals surface area contributed by atoms with Gasteiger partial charge in [-0.3, -0.25) is 0 Å². The van der Waals surface area contributed by atoms with Crippen molar-refractivity contribution in [2.75, 3.05) is 6.61 Å². The zero-order valence-electron chi connectivity index (χ0n) is 8.85. The van der Waals surface area contributed by atoms with Crippen molar-refractivity contribution < 1.29 is 15.3 Å². The number of hydrogen-bond acceptors (Lipinski definition) is 3. The van der Waals surface area contributed by atoms with E-state index in [9.17, 15) is 10.2 Å². The number of aromatic hydroxyl groups is 2. The van der Waals surface area contributed by atoms with Gasteiger partial charge in [0.25, 0.3) is 0 Å². The Hall–Kier alpha value is -1.74. The first kappa shape index (κ1) is 10.8. The summed E-state index contributed by atoms with van der Waals surface area (Å²) in [6.45, 7) is 0.0919. The van der Waals surface area contributed by atoms with E-state index >= 15 is 0 Å². The van der Waals surface area contributed by atoms with Crippen LogP contribution in [0.15, 0.2) is 30.3 Å². The maximum Gasteiger partial charge on any atom is 0.119 e. The van der Waals surface area contributed by atoms with Gasteiger partial charge in [-0.25, -0.2) is 0 Å². The molecular formula is C13H14O3. The van der Waals surface area contributed by atoms with Gasteiger partial charge in [0.2, 0.25) is 0 Å². The van der Waals surface area contributed by atoms with Crippen LogP contribution >= 0.6 is 0 Å². The molecule has 0 saturated heterocycles. The van der Waals surface area contributed by atoms with Gasteiger partial charge in [0.15, 0.2) is 0 Å². The summed E-state index contributed by atoms with van der Waals surface area (Å²) in [5.41, 5.74) is 0.780. The highest BCUT2D eigenvalue weighted by molar-refractivity contribution is 5.88. The zero-order chi connectivity index (χ0) is 11.5. The van der Waals surface area contributed by atoms with Gasteiger partial charge in [-0.15, -0.1) is 0 Å². The first-order valence-corrected chi connectivity index (χ1v) is 5.27. The van der Waals surface area contributed by atoms with Crippen LogP contribution in [0.25, 0.3) is 10.8 Å². The van der Waals surface area contributed by atoms with E-state index in [-0.39, 0.29) is 18.1 Å². The molecule has 0 amide bonds. The Morgan fingerprint density at radius 3 is 2.50 bits per heavy atom. The number of rotatable bonds is 3. The number of aryl methyl sites for hydroxylation is 1. The van der Waals surface area contributed by atoms with Crippen molar-refractivity contribution in [2.45, 2.75) is 12.8 Å². The standard InChI is InChI=1S/C13H14O3/c14-7-1-2-11-12-8-10(15)5-3-9(12)4-6-13(11)16/h3-6,8,14-16H,1-2,7H2. The Morgan fingerprint density at radius 1 is 1.00 bits per heavy atom. The molecule has 2 aromatic rings. The van der Waals surface area contributed by atoms with E-state index in [0.717, 1.165) is 16.3 Å². The lowest BCUT2D eigenvalue weighted by molar-refractivity contribution is 0.288. The van der Waals surface area contributed by atoms with Gasteiger partial charge in [0.1, 0.15) is 11.5 Å². The quantitative estimate of drug-likeness (QED) is 0.740. The zero-order valence-corrected chi connectivity index (χ0v) is 8.85. The van der Waals surface area contributed by atoms with E-state index in [1.807, 2.05) is 12.1 Å². The summed E-state index contributed by atoms with van der Waals surface area (Å²) in [7, 11) is 0. The number of phenolic OH excluding ortho intramolecular Hbond substituents is 2. The fraction of sp³-hybridized carbons (Fsp3) is 0.231. The predicted octanol–water partition coefficient (Wildman–Crippen LogP) is 2.18. The smallest absolute Gasteiger partial charge is 0.119 e. The third-order valence-corrected chi connectivity index (χ3v) is 2.68. The maximum absolute atomic E-state index is 9.76. The molecule has 0 saturated carbocycles. The highest BCUT2D eigenvalue weighted by Gasteiger charge is 2.07. The van der Waals surface area contributed by atoms with Crippen LogP contribution in [0.3, 0.4) is 0 Å². The summed E-state index contributed by atoms with van der Waals surface area (Å²) in [4.78, 5) is 0. The molecule has 0 fully saturated rings. The van der Waals surface area contributed by atoms with E-state index in [1.165, 1.54) is 0 Å². The number of aliphatic hydroxyl groups is 1. The lowest BCUT2D eigenvalue weighted by Gasteiger charge is -2.08. The fourth-order valence-electron chi connectivity index (χ4n) is 1.88. The Morgan fingerprint density at radius 2 is 1.75 bits per heavy atom. The molecule has 3 heteroatoms. The molecule has 3 N–H and O–H groups in total. The Balaban J connectivity index is 2.58. The van der Waals surface area contributed by atoms with Crippen LogP contribution in [0.4, 0.5) is 0 Å². The lowest BCUT2D eigenvalue weighted by Crippen LogP contribution is -1.92. The normalized spacial score (nSPS) is 10.8. The van der Waals surface area contributed by atoms with Crippen LogP contribution in [-0.2, 0) is 6.42 Å². The SMILES string of the molecule is OCCCc1c(O)ccc2ccc(O)cc12. The van der Waals surface area contributed by atoms with Gasteiger partial charge < -0.3 is 15.3 Å². The minimum Gasteiger partial charge on any atom is -0.508 e. The van der Waals surface area contributed by atoms with Crippen molar-refractivity contribution in [3.63, 3.8) is 0 Å². The Kier molecular flexibility index (Phi) is 2.97. The number of aliphatic hydroxyl groups excluding tert-OH is 1. The average molecular weight is 218 g/mol. The van der Waals surface area contributed by atoms with E-state index in [0.29, 0.717) is 12.8 Å². The maximum atomic E-state index is 9.76. The lowest BCUT2D eigenvalue weighted by atomic mass is 9.99. The summed E-state index contributed by atoms with van der Waals surface area (Å²) in [6, 6.07) is 8.53. The highest BCUT2D eigenvalue weighted by Crippen LogP contribution is 2.30. The Bertz CT molecular complexity index is 500. The second kappa shape index (κ2) is 4.41. The van der Waals surface area contributed by atoms with Crippen molar-refractivity contribution in [2.24, 2.45) is 0 Å². The van der Waals surface area contributed by atoms with Crippen LogP contribution in [0.1, 0.15) is 12.0 Å². The summed E-state index contributed by atoms with van der Waals surface area (Å²) >= 11 is 0. The fourth-order valence-corrected chi connectivity index (χ4v) is 1.88. The van der Waals surface area contributed by atoms with Crippen LogP contribution in [-0.4, -0.2) is 21.9 Å². The van der Waals surface area contributed by atoms with Gasteiger partial charge >= 0.3 is 0 Å². The van der Waals surface area contributed by atoms with E-state index in [1.54, 1.807) is 18.2 Å². The van der Waals surface area contributed by atoms with E-state index in [2.05, 4.69) is 0 Å². The minimum absolute atomic E-state index is 0.0919. The first-order chi connectivity index (χ1) is 7.72.